The van der Waals surface area contributed by atoms with Crippen LogP contribution in [0.2, 0.25) is 0 Å². The van der Waals surface area contributed by atoms with Crippen LogP contribution in [0.3, 0.4) is 0 Å². The number of carboxylic acids is 1. The molecule has 14 heavy (non-hydrogen) atoms. The van der Waals surface area contributed by atoms with Gasteiger partial charge in [0.1, 0.15) is 11.3 Å². The number of ether oxygens (including phenoxy) is 1. The Balaban J connectivity index is 3.51. The molecule has 0 saturated carbocycles. The fourth-order valence-electron chi connectivity index (χ4n) is 1.22. The molecular formula is C9H10FNO3. The molecule has 3 N–H and O–H groups in total. The zero-order valence-corrected chi connectivity index (χ0v) is 7.80. The Hall–Kier alpha value is -1.78. The first-order chi connectivity index (χ1) is 6.49. The average molecular weight is 199 g/mol. The average Bonchev–Trinajstić information content (AvgIpc) is 2.13. The molecule has 0 aliphatic rings. The van der Waals surface area contributed by atoms with Crippen molar-refractivity contribution in [2.45, 2.75) is 6.92 Å². The molecular weight excluding hydrogens is 189 g/mol. The third-order valence-electron chi connectivity index (χ3n) is 1.90. The fraction of sp³-hybridized carbons (Fsp3) is 0.222. The van der Waals surface area contributed by atoms with E-state index in [4.69, 9.17) is 15.6 Å². The van der Waals surface area contributed by atoms with Gasteiger partial charge in [0.15, 0.2) is 5.82 Å². The summed E-state index contributed by atoms with van der Waals surface area (Å²) in [4.78, 5) is 10.7. The Morgan fingerprint density at radius 2 is 2.21 bits per heavy atom. The highest BCUT2D eigenvalue weighted by atomic mass is 19.1. The van der Waals surface area contributed by atoms with Gasteiger partial charge in [0.2, 0.25) is 0 Å². The Morgan fingerprint density at radius 1 is 1.64 bits per heavy atom. The molecule has 4 nitrogen and oxygen atoms in total. The van der Waals surface area contributed by atoms with Crippen molar-refractivity contribution in [2.24, 2.45) is 0 Å². The first kappa shape index (κ1) is 10.3. The maximum atomic E-state index is 13.2. The van der Waals surface area contributed by atoms with Gasteiger partial charge in [0.25, 0.3) is 0 Å². The van der Waals surface area contributed by atoms with Gasteiger partial charge in [-0.15, -0.1) is 0 Å². The van der Waals surface area contributed by atoms with Crippen molar-refractivity contribution in [3.05, 3.63) is 23.0 Å². The first-order valence-corrected chi connectivity index (χ1v) is 3.85. The zero-order chi connectivity index (χ0) is 10.9. The molecule has 0 saturated heterocycles. The summed E-state index contributed by atoms with van der Waals surface area (Å²) in [5, 5.41) is 8.78. The molecule has 0 radical (unpaired) electrons. The third kappa shape index (κ3) is 1.48. The predicted molar refractivity (Wildman–Crippen MR) is 49.1 cm³/mol. The minimum Gasteiger partial charge on any atom is -0.495 e. The second-order valence-corrected chi connectivity index (χ2v) is 2.79. The molecule has 0 heterocycles. The number of methoxy groups -OCH3 is 1. The Bertz CT molecular complexity index is 390. The van der Waals surface area contributed by atoms with Crippen LogP contribution < -0.4 is 10.5 Å². The van der Waals surface area contributed by atoms with Gasteiger partial charge in [0, 0.05) is 5.56 Å². The summed E-state index contributed by atoms with van der Waals surface area (Å²) in [6, 6.07) is 1.05. The van der Waals surface area contributed by atoms with Gasteiger partial charge >= 0.3 is 5.97 Å². The van der Waals surface area contributed by atoms with Crippen LogP contribution in [0.25, 0.3) is 0 Å². The van der Waals surface area contributed by atoms with Crippen LogP contribution in [-0.2, 0) is 0 Å². The maximum absolute atomic E-state index is 13.2. The van der Waals surface area contributed by atoms with E-state index in [9.17, 15) is 9.18 Å². The second-order valence-electron chi connectivity index (χ2n) is 2.79. The van der Waals surface area contributed by atoms with Crippen molar-refractivity contribution in [1.82, 2.24) is 0 Å². The highest BCUT2D eigenvalue weighted by Crippen LogP contribution is 2.29. The monoisotopic (exact) mass is 199 g/mol. The van der Waals surface area contributed by atoms with Crippen LogP contribution in [0.15, 0.2) is 6.07 Å². The van der Waals surface area contributed by atoms with Gasteiger partial charge in [0.05, 0.1) is 12.8 Å². The van der Waals surface area contributed by atoms with Crippen molar-refractivity contribution in [1.29, 1.82) is 0 Å². The standard InChI is InChI=1S/C9H10FNO3/c1-4-7(10)6(11)3-5(9(12)13)8(4)14-2/h3H,11H2,1-2H3,(H,12,13). The number of aromatic carboxylic acids is 1. The molecule has 1 aromatic rings. The molecule has 1 aromatic carbocycles. The van der Waals surface area contributed by atoms with Gasteiger partial charge in [-0.05, 0) is 13.0 Å². The van der Waals surface area contributed by atoms with E-state index in [1.54, 1.807) is 0 Å². The lowest BCUT2D eigenvalue weighted by molar-refractivity contribution is 0.0693. The van der Waals surface area contributed by atoms with E-state index in [0.29, 0.717) is 0 Å². The summed E-state index contributed by atoms with van der Waals surface area (Å²) in [6.07, 6.45) is 0. The molecule has 0 bridgehead atoms. The number of halogens is 1. The minimum atomic E-state index is -1.20. The van der Waals surface area contributed by atoms with E-state index in [1.165, 1.54) is 14.0 Å². The quantitative estimate of drug-likeness (QED) is 0.706. The number of hydrogen-bond donors (Lipinski definition) is 2. The topological polar surface area (TPSA) is 72.5 Å². The molecule has 0 aliphatic carbocycles. The summed E-state index contributed by atoms with van der Waals surface area (Å²) < 4.78 is 18.0. The molecule has 0 fully saturated rings. The lowest BCUT2D eigenvalue weighted by atomic mass is 10.1. The molecule has 0 aromatic heterocycles. The molecule has 0 atom stereocenters. The largest absolute Gasteiger partial charge is 0.495 e. The number of carboxylic acid groups (broad SMARTS) is 1. The first-order valence-electron chi connectivity index (χ1n) is 3.85. The molecule has 76 valence electrons. The van der Waals surface area contributed by atoms with Gasteiger partial charge in [-0.3, -0.25) is 0 Å². The molecule has 1 rings (SSSR count). The number of hydrogen-bond acceptors (Lipinski definition) is 3. The van der Waals surface area contributed by atoms with Crippen molar-refractivity contribution >= 4 is 11.7 Å². The van der Waals surface area contributed by atoms with E-state index in [0.717, 1.165) is 6.07 Å². The van der Waals surface area contributed by atoms with Crippen molar-refractivity contribution in [2.75, 3.05) is 12.8 Å². The van der Waals surface area contributed by atoms with Crippen molar-refractivity contribution in [3.63, 3.8) is 0 Å². The van der Waals surface area contributed by atoms with Crippen LogP contribution in [0.5, 0.6) is 5.75 Å². The molecule has 0 amide bonds. The molecule has 0 spiro atoms. The summed E-state index contributed by atoms with van der Waals surface area (Å²) >= 11 is 0. The van der Waals surface area contributed by atoms with Crippen LogP contribution in [0, 0.1) is 12.7 Å². The summed E-state index contributed by atoms with van der Waals surface area (Å²) in [7, 11) is 1.28. The lowest BCUT2D eigenvalue weighted by Crippen LogP contribution is -2.06. The number of nitrogens with two attached hydrogens (primary N) is 1. The Labute approximate surface area is 80.1 Å². The van der Waals surface area contributed by atoms with Gasteiger partial charge < -0.3 is 15.6 Å². The zero-order valence-electron chi connectivity index (χ0n) is 7.80. The maximum Gasteiger partial charge on any atom is 0.339 e. The Kier molecular flexibility index (Phi) is 2.60. The second kappa shape index (κ2) is 3.53. The predicted octanol–water partition coefficient (Wildman–Crippen LogP) is 1.42. The van der Waals surface area contributed by atoms with Gasteiger partial charge in [-0.25, -0.2) is 9.18 Å². The normalized spacial score (nSPS) is 9.93. The van der Waals surface area contributed by atoms with Crippen molar-refractivity contribution < 1.29 is 19.0 Å². The van der Waals surface area contributed by atoms with E-state index >= 15 is 0 Å². The summed E-state index contributed by atoms with van der Waals surface area (Å²) in [6.45, 7) is 1.41. The van der Waals surface area contributed by atoms with Crippen LogP contribution >= 0.6 is 0 Å². The SMILES string of the molecule is COc1c(C(=O)O)cc(N)c(F)c1C. The molecule has 0 aliphatic heterocycles. The molecule has 0 unspecified atom stereocenters. The third-order valence-corrected chi connectivity index (χ3v) is 1.90. The number of benzene rings is 1. The van der Waals surface area contributed by atoms with E-state index in [1.807, 2.05) is 0 Å². The molecule has 5 heteroatoms. The van der Waals surface area contributed by atoms with E-state index in [2.05, 4.69) is 0 Å². The smallest absolute Gasteiger partial charge is 0.339 e. The number of carbonyl (C=O) groups is 1. The van der Waals surface area contributed by atoms with E-state index in [-0.39, 0.29) is 22.6 Å². The number of nitrogen functional groups attached to an aromatic ring is 1. The number of anilines is 1. The highest BCUT2D eigenvalue weighted by molar-refractivity contribution is 5.92. The summed E-state index contributed by atoms with van der Waals surface area (Å²) in [5.41, 5.74) is 5.06. The van der Waals surface area contributed by atoms with Gasteiger partial charge in [-0.2, -0.15) is 0 Å². The number of rotatable bonds is 2. The highest BCUT2D eigenvalue weighted by Gasteiger charge is 2.18. The lowest BCUT2D eigenvalue weighted by Gasteiger charge is -2.10. The fourth-order valence-corrected chi connectivity index (χ4v) is 1.22. The Morgan fingerprint density at radius 3 is 2.64 bits per heavy atom. The van der Waals surface area contributed by atoms with Gasteiger partial charge in [-0.1, -0.05) is 0 Å². The summed E-state index contributed by atoms with van der Waals surface area (Å²) in [5.74, 6) is -1.84. The van der Waals surface area contributed by atoms with Crippen LogP contribution in [-0.4, -0.2) is 18.2 Å². The van der Waals surface area contributed by atoms with Crippen molar-refractivity contribution in [3.8, 4) is 5.75 Å². The minimum absolute atomic E-state index is 0.00389. The van der Waals surface area contributed by atoms with Crippen LogP contribution in [0.1, 0.15) is 15.9 Å². The van der Waals surface area contributed by atoms with Crippen LogP contribution in [0.4, 0.5) is 10.1 Å². The van der Waals surface area contributed by atoms with E-state index < -0.39 is 11.8 Å².